The van der Waals surface area contributed by atoms with Crippen molar-refractivity contribution < 1.29 is 5.11 Å². The number of hydrogen-bond donors (Lipinski definition) is 3. The van der Waals surface area contributed by atoms with Gasteiger partial charge in [0.05, 0.1) is 0 Å². The molecular formula is C16H26N2O. The second kappa shape index (κ2) is 7.51. The summed E-state index contributed by atoms with van der Waals surface area (Å²) in [6.07, 6.45) is 6.02. The van der Waals surface area contributed by atoms with Gasteiger partial charge in [0, 0.05) is 12.1 Å². The molecule has 1 saturated heterocycles. The van der Waals surface area contributed by atoms with Crippen molar-refractivity contribution in [3.8, 4) is 5.75 Å². The Labute approximate surface area is 116 Å². The quantitative estimate of drug-likeness (QED) is 0.763. The SMILES string of the molecule is CC(CCc1ccc(O)cc1)NC1CCCNCC1. The number of aryl methyl sites for hydroxylation is 1. The molecule has 2 atom stereocenters. The zero-order chi connectivity index (χ0) is 13.5. The standard InChI is InChI=1S/C16H26N2O/c1-13(18-15-3-2-11-17-12-10-15)4-5-14-6-8-16(19)9-7-14/h6-9,13,15,17-19H,2-5,10-12H2,1H3. The Morgan fingerprint density at radius 1 is 1.26 bits per heavy atom. The van der Waals surface area contributed by atoms with E-state index in [0.29, 0.717) is 17.8 Å². The Hall–Kier alpha value is -1.06. The van der Waals surface area contributed by atoms with E-state index < -0.39 is 0 Å². The van der Waals surface area contributed by atoms with Gasteiger partial charge in [-0.05, 0) is 69.8 Å². The molecule has 106 valence electrons. The second-order valence-electron chi connectivity index (χ2n) is 5.65. The zero-order valence-corrected chi connectivity index (χ0v) is 11.9. The summed E-state index contributed by atoms with van der Waals surface area (Å²) >= 11 is 0. The van der Waals surface area contributed by atoms with Crippen LogP contribution in [0.15, 0.2) is 24.3 Å². The fourth-order valence-electron chi connectivity index (χ4n) is 2.72. The molecule has 0 bridgehead atoms. The molecule has 0 spiro atoms. The van der Waals surface area contributed by atoms with E-state index in [2.05, 4.69) is 17.6 Å². The van der Waals surface area contributed by atoms with Crippen LogP contribution in [0.2, 0.25) is 0 Å². The second-order valence-corrected chi connectivity index (χ2v) is 5.65. The third kappa shape index (κ3) is 5.21. The monoisotopic (exact) mass is 262 g/mol. The summed E-state index contributed by atoms with van der Waals surface area (Å²) in [5.41, 5.74) is 1.30. The molecule has 2 rings (SSSR count). The van der Waals surface area contributed by atoms with E-state index >= 15 is 0 Å². The highest BCUT2D eigenvalue weighted by Gasteiger charge is 2.13. The number of nitrogens with one attached hydrogen (secondary N) is 2. The van der Waals surface area contributed by atoms with E-state index in [4.69, 9.17) is 0 Å². The minimum atomic E-state index is 0.348. The molecule has 1 aliphatic rings. The molecule has 3 heteroatoms. The first-order chi connectivity index (χ1) is 9.24. The van der Waals surface area contributed by atoms with E-state index in [9.17, 15) is 5.11 Å². The smallest absolute Gasteiger partial charge is 0.115 e. The van der Waals surface area contributed by atoms with Crippen LogP contribution in [-0.2, 0) is 6.42 Å². The van der Waals surface area contributed by atoms with E-state index in [1.807, 2.05) is 12.1 Å². The Morgan fingerprint density at radius 2 is 2.05 bits per heavy atom. The van der Waals surface area contributed by atoms with Crippen LogP contribution in [0.25, 0.3) is 0 Å². The van der Waals surface area contributed by atoms with Gasteiger partial charge in [-0.1, -0.05) is 12.1 Å². The third-order valence-corrected chi connectivity index (χ3v) is 3.90. The highest BCUT2D eigenvalue weighted by Crippen LogP contribution is 2.13. The Balaban J connectivity index is 1.71. The predicted octanol–water partition coefficient (Wildman–Crippen LogP) is 2.45. The molecule has 0 amide bonds. The number of rotatable bonds is 5. The van der Waals surface area contributed by atoms with Gasteiger partial charge in [0.2, 0.25) is 0 Å². The van der Waals surface area contributed by atoms with Crippen molar-refractivity contribution in [2.75, 3.05) is 13.1 Å². The van der Waals surface area contributed by atoms with Crippen molar-refractivity contribution in [1.82, 2.24) is 10.6 Å². The molecule has 0 aromatic heterocycles. The largest absolute Gasteiger partial charge is 0.508 e. The highest BCUT2D eigenvalue weighted by molar-refractivity contribution is 5.25. The van der Waals surface area contributed by atoms with Gasteiger partial charge in [-0.2, -0.15) is 0 Å². The van der Waals surface area contributed by atoms with Crippen LogP contribution in [0.5, 0.6) is 5.75 Å². The van der Waals surface area contributed by atoms with Crippen LogP contribution in [0.4, 0.5) is 0 Å². The highest BCUT2D eigenvalue weighted by atomic mass is 16.3. The molecule has 2 unspecified atom stereocenters. The molecular weight excluding hydrogens is 236 g/mol. The maximum Gasteiger partial charge on any atom is 0.115 e. The van der Waals surface area contributed by atoms with Crippen LogP contribution in [-0.4, -0.2) is 30.3 Å². The fourth-order valence-corrected chi connectivity index (χ4v) is 2.72. The normalized spacial score (nSPS) is 21.8. The van der Waals surface area contributed by atoms with Crippen molar-refractivity contribution in [2.24, 2.45) is 0 Å². The average molecular weight is 262 g/mol. The molecule has 3 N–H and O–H groups in total. The summed E-state index contributed by atoms with van der Waals surface area (Å²) in [5.74, 6) is 0.348. The Kier molecular flexibility index (Phi) is 5.67. The van der Waals surface area contributed by atoms with Gasteiger partial charge in [-0.25, -0.2) is 0 Å². The summed E-state index contributed by atoms with van der Waals surface area (Å²) in [6, 6.07) is 8.78. The molecule has 1 aromatic rings. The van der Waals surface area contributed by atoms with E-state index in [1.165, 1.54) is 31.4 Å². The van der Waals surface area contributed by atoms with Gasteiger partial charge in [-0.3, -0.25) is 0 Å². The lowest BCUT2D eigenvalue weighted by molar-refractivity contribution is 0.400. The van der Waals surface area contributed by atoms with E-state index in [-0.39, 0.29) is 0 Å². The maximum atomic E-state index is 9.26. The van der Waals surface area contributed by atoms with Crippen LogP contribution < -0.4 is 10.6 Å². The van der Waals surface area contributed by atoms with Crippen molar-refractivity contribution >= 4 is 0 Å². The molecule has 1 fully saturated rings. The number of phenolic OH excluding ortho intramolecular Hbond substituents is 1. The lowest BCUT2D eigenvalue weighted by Crippen LogP contribution is -2.37. The molecule has 1 aliphatic heterocycles. The van der Waals surface area contributed by atoms with E-state index in [1.54, 1.807) is 12.1 Å². The fraction of sp³-hybridized carbons (Fsp3) is 0.625. The average Bonchev–Trinajstić information content (AvgIpc) is 2.67. The molecule has 1 heterocycles. The van der Waals surface area contributed by atoms with Gasteiger partial charge >= 0.3 is 0 Å². The minimum Gasteiger partial charge on any atom is -0.508 e. The molecule has 0 saturated carbocycles. The molecule has 0 radical (unpaired) electrons. The first kappa shape index (κ1) is 14.4. The van der Waals surface area contributed by atoms with Crippen LogP contribution in [0.1, 0.15) is 38.2 Å². The maximum absolute atomic E-state index is 9.26. The van der Waals surface area contributed by atoms with E-state index in [0.717, 1.165) is 19.4 Å². The summed E-state index contributed by atoms with van der Waals surface area (Å²) in [5, 5.41) is 16.5. The Bertz CT molecular complexity index is 356. The molecule has 19 heavy (non-hydrogen) atoms. The minimum absolute atomic E-state index is 0.348. The summed E-state index contributed by atoms with van der Waals surface area (Å²) < 4.78 is 0. The van der Waals surface area contributed by atoms with Crippen LogP contribution in [0.3, 0.4) is 0 Å². The third-order valence-electron chi connectivity index (χ3n) is 3.90. The van der Waals surface area contributed by atoms with Crippen LogP contribution >= 0.6 is 0 Å². The summed E-state index contributed by atoms with van der Waals surface area (Å²) in [7, 11) is 0. The van der Waals surface area contributed by atoms with Crippen molar-refractivity contribution in [2.45, 2.75) is 51.1 Å². The molecule has 1 aromatic carbocycles. The number of aromatic hydroxyl groups is 1. The summed E-state index contributed by atoms with van der Waals surface area (Å²) in [4.78, 5) is 0. The van der Waals surface area contributed by atoms with Crippen LogP contribution in [0, 0.1) is 0 Å². The van der Waals surface area contributed by atoms with Gasteiger partial charge in [-0.15, -0.1) is 0 Å². The van der Waals surface area contributed by atoms with Gasteiger partial charge in [0.25, 0.3) is 0 Å². The zero-order valence-electron chi connectivity index (χ0n) is 11.9. The summed E-state index contributed by atoms with van der Waals surface area (Å²) in [6.45, 7) is 4.58. The topological polar surface area (TPSA) is 44.3 Å². The van der Waals surface area contributed by atoms with Gasteiger partial charge in [0.1, 0.15) is 5.75 Å². The number of hydrogen-bond acceptors (Lipinski definition) is 3. The Morgan fingerprint density at radius 3 is 2.84 bits per heavy atom. The lowest BCUT2D eigenvalue weighted by Gasteiger charge is -2.21. The molecule has 3 nitrogen and oxygen atoms in total. The number of phenols is 1. The predicted molar refractivity (Wildman–Crippen MR) is 79.5 cm³/mol. The van der Waals surface area contributed by atoms with Crippen molar-refractivity contribution in [3.05, 3.63) is 29.8 Å². The van der Waals surface area contributed by atoms with Crippen molar-refractivity contribution in [1.29, 1.82) is 0 Å². The number of benzene rings is 1. The first-order valence-corrected chi connectivity index (χ1v) is 7.49. The first-order valence-electron chi connectivity index (χ1n) is 7.49. The lowest BCUT2D eigenvalue weighted by atomic mass is 10.0. The van der Waals surface area contributed by atoms with Gasteiger partial charge < -0.3 is 15.7 Å². The molecule has 0 aliphatic carbocycles. The van der Waals surface area contributed by atoms with Gasteiger partial charge in [0.15, 0.2) is 0 Å². The van der Waals surface area contributed by atoms with Crippen molar-refractivity contribution in [3.63, 3.8) is 0 Å².